The normalized spacial score (nSPS) is 18.4. The number of fused-ring (bicyclic) bond motifs is 1. The Morgan fingerprint density at radius 2 is 2.23 bits per heavy atom. The molecule has 0 fully saturated rings. The van der Waals surface area contributed by atoms with Crippen molar-refractivity contribution in [3.8, 4) is 5.75 Å². The van der Waals surface area contributed by atoms with E-state index >= 15 is 0 Å². The number of nitrogens with one attached hydrogen (secondary N) is 1. The van der Waals surface area contributed by atoms with Gasteiger partial charge in [0.25, 0.3) is 0 Å². The van der Waals surface area contributed by atoms with Crippen molar-refractivity contribution in [2.24, 2.45) is 4.99 Å². The van der Waals surface area contributed by atoms with E-state index in [9.17, 15) is 0 Å². The fourth-order valence-electron chi connectivity index (χ4n) is 1.41. The maximum atomic E-state index is 5.54. The average Bonchev–Trinajstić information content (AvgIpc) is 2.39. The zero-order chi connectivity index (χ0) is 9.10. The lowest BCUT2D eigenvalue weighted by Crippen LogP contribution is -2.25. The van der Waals surface area contributed by atoms with E-state index in [1.807, 2.05) is 24.3 Å². The summed E-state index contributed by atoms with van der Waals surface area (Å²) in [6, 6.07) is 7.93. The molecule has 3 nitrogen and oxygen atoms in total. The summed E-state index contributed by atoms with van der Waals surface area (Å²) in [6.07, 6.45) is 0. The molecule has 1 aliphatic heterocycles. The van der Waals surface area contributed by atoms with Gasteiger partial charge in [0, 0.05) is 7.05 Å². The molecule has 0 bridgehead atoms. The summed E-state index contributed by atoms with van der Waals surface area (Å²) >= 11 is 0. The third kappa shape index (κ3) is 1.49. The van der Waals surface area contributed by atoms with Gasteiger partial charge in [-0.2, -0.15) is 0 Å². The van der Waals surface area contributed by atoms with Gasteiger partial charge in [-0.3, -0.25) is 4.99 Å². The number of hydrogen-bond donors (Lipinski definition) is 1. The molecule has 0 spiro atoms. The van der Waals surface area contributed by atoms with E-state index in [1.54, 1.807) is 7.05 Å². The zero-order valence-corrected chi connectivity index (χ0v) is 7.58. The molecular formula is C10H12N2O. The molecule has 0 amide bonds. The molecule has 13 heavy (non-hydrogen) atoms. The highest BCUT2D eigenvalue weighted by molar-refractivity contribution is 6.01. The number of hydrogen-bond acceptors (Lipinski definition) is 2. The second kappa shape index (κ2) is 3.47. The fourth-order valence-corrected chi connectivity index (χ4v) is 1.41. The van der Waals surface area contributed by atoms with Crippen molar-refractivity contribution >= 4 is 5.84 Å². The first-order valence-corrected chi connectivity index (χ1v) is 4.34. The molecule has 1 aromatic carbocycles. The quantitative estimate of drug-likeness (QED) is 0.641. The van der Waals surface area contributed by atoms with Crippen LogP contribution in [-0.4, -0.2) is 26.0 Å². The van der Waals surface area contributed by atoms with Gasteiger partial charge in [-0.15, -0.1) is 0 Å². The van der Waals surface area contributed by atoms with Gasteiger partial charge in [-0.05, 0) is 12.1 Å². The Bertz CT molecular complexity index is 333. The summed E-state index contributed by atoms with van der Waals surface area (Å²) in [5.74, 6) is 1.82. The van der Waals surface area contributed by atoms with Gasteiger partial charge < -0.3 is 10.1 Å². The highest BCUT2D eigenvalue weighted by Gasteiger charge is 2.12. The molecule has 68 valence electrons. The van der Waals surface area contributed by atoms with Crippen LogP contribution < -0.4 is 10.1 Å². The van der Waals surface area contributed by atoms with Crippen LogP contribution in [0.25, 0.3) is 0 Å². The highest BCUT2D eigenvalue weighted by atomic mass is 16.5. The minimum atomic E-state index is 0.691. The lowest BCUT2D eigenvalue weighted by Gasteiger charge is -2.05. The molecule has 2 rings (SSSR count). The van der Waals surface area contributed by atoms with E-state index in [0.29, 0.717) is 6.61 Å². The molecule has 0 unspecified atom stereocenters. The van der Waals surface area contributed by atoms with Crippen LogP contribution in [0.2, 0.25) is 0 Å². The molecule has 0 aliphatic carbocycles. The monoisotopic (exact) mass is 176 g/mol. The van der Waals surface area contributed by atoms with Crippen molar-refractivity contribution < 1.29 is 4.74 Å². The van der Waals surface area contributed by atoms with E-state index in [0.717, 1.165) is 23.7 Å². The third-order valence-electron chi connectivity index (χ3n) is 2.02. The Morgan fingerprint density at radius 1 is 1.38 bits per heavy atom. The van der Waals surface area contributed by atoms with Gasteiger partial charge in [0.1, 0.15) is 18.2 Å². The molecule has 1 heterocycles. The largest absolute Gasteiger partial charge is 0.491 e. The summed E-state index contributed by atoms with van der Waals surface area (Å²) in [7, 11) is 1.78. The van der Waals surface area contributed by atoms with Crippen LogP contribution in [-0.2, 0) is 0 Å². The summed E-state index contributed by atoms with van der Waals surface area (Å²) in [5, 5.41) is 3.21. The van der Waals surface area contributed by atoms with Crippen LogP contribution in [0, 0.1) is 0 Å². The van der Waals surface area contributed by atoms with Crippen LogP contribution in [0.5, 0.6) is 5.75 Å². The molecule has 1 aliphatic rings. The Morgan fingerprint density at radius 3 is 3.08 bits per heavy atom. The van der Waals surface area contributed by atoms with E-state index in [1.165, 1.54) is 0 Å². The molecule has 1 N–H and O–H groups in total. The van der Waals surface area contributed by atoms with Gasteiger partial charge >= 0.3 is 0 Å². The number of aliphatic imine (C=N–C) groups is 1. The number of benzene rings is 1. The van der Waals surface area contributed by atoms with Gasteiger partial charge in [0.15, 0.2) is 0 Å². The number of para-hydroxylation sites is 1. The standard InChI is InChI=1S/C10H12N2O/c1-11-10-8-4-2-3-5-9(8)13-7-6-12-10/h2-5H,6-7H2,1H3,(H,11,12). The van der Waals surface area contributed by atoms with E-state index < -0.39 is 0 Å². The van der Waals surface area contributed by atoms with Gasteiger partial charge in [-0.1, -0.05) is 12.1 Å². The summed E-state index contributed by atoms with van der Waals surface area (Å²) in [4.78, 5) is 4.17. The maximum absolute atomic E-state index is 5.54. The van der Waals surface area contributed by atoms with Gasteiger partial charge in [-0.25, -0.2) is 0 Å². The fraction of sp³-hybridized carbons (Fsp3) is 0.300. The highest BCUT2D eigenvalue weighted by Crippen LogP contribution is 2.19. The Kier molecular flexibility index (Phi) is 2.17. The lowest BCUT2D eigenvalue weighted by atomic mass is 10.2. The van der Waals surface area contributed by atoms with Gasteiger partial charge in [0.2, 0.25) is 0 Å². The Balaban J connectivity index is 2.48. The molecule has 0 aromatic heterocycles. The van der Waals surface area contributed by atoms with Crippen LogP contribution in [0.3, 0.4) is 0 Å². The number of nitrogens with zero attached hydrogens (tertiary/aromatic N) is 1. The predicted octanol–water partition coefficient (Wildman–Crippen LogP) is 1.04. The van der Waals surface area contributed by atoms with Crippen molar-refractivity contribution in [3.05, 3.63) is 29.8 Å². The average molecular weight is 176 g/mol. The second-order valence-corrected chi connectivity index (χ2v) is 2.84. The zero-order valence-electron chi connectivity index (χ0n) is 7.58. The van der Waals surface area contributed by atoms with Crippen LogP contribution >= 0.6 is 0 Å². The van der Waals surface area contributed by atoms with Crippen LogP contribution in [0.4, 0.5) is 0 Å². The Labute approximate surface area is 77.4 Å². The van der Waals surface area contributed by atoms with Crippen molar-refractivity contribution in [1.29, 1.82) is 0 Å². The van der Waals surface area contributed by atoms with Crippen LogP contribution in [0.15, 0.2) is 29.3 Å². The molecule has 0 saturated heterocycles. The smallest absolute Gasteiger partial charge is 0.131 e. The summed E-state index contributed by atoms with van der Waals surface area (Å²) in [5.41, 5.74) is 1.04. The molecule has 0 atom stereocenters. The minimum Gasteiger partial charge on any atom is -0.491 e. The topological polar surface area (TPSA) is 33.6 Å². The predicted molar refractivity (Wildman–Crippen MR) is 52.4 cm³/mol. The Hall–Kier alpha value is -1.51. The van der Waals surface area contributed by atoms with Gasteiger partial charge in [0.05, 0.1) is 12.1 Å². The van der Waals surface area contributed by atoms with E-state index in [2.05, 4.69) is 10.3 Å². The first kappa shape index (κ1) is 8.10. The number of rotatable bonds is 0. The van der Waals surface area contributed by atoms with E-state index in [-0.39, 0.29) is 0 Å². The van der Waals surface area contributed by atoms with Crippen molar-refractivity contribution in [2.45, 2.75) is 0 Å². The van der Waals surface area contributed by atoms with Crippen LogP contribution in [0.1, 0.15) is 5.56 Å². The summed E-state index contributed by atoms with van der Waals surface area (Å²) in [6.45, 7) is 1.50. The number of amidine groups is 1. The van der Waals surface area contributed by atoms with Crippen molar-refractivity contribution in [2.75, 3.05) is 20.2 Å². The van der Waals surface area contributed by atoms with Crippen molar-refractivity contribution in [3.63, 3.8) is 0 Å². The first-order valence-electron chi connectivity index (χ1n) is 4.34. The first-order chi connectivity index (χ1) is 6.42. The molecule has 3 heteroatoms. The molecular weight excluding hydrogens is 164 g/mol. The molecule has 1 aromatic rings. The van der Waals surface area contributed by atoms with Crippen molar-refractivity contribution in [1.82, 2.24) is 5.32 Å². The third-order valence-corrected chi connectivity index (χ3v) is 2.02. The second-order valence-electron chi connectivity index (χ2n) is 2.84. The number of ether oxygens (including phenoxy) is 1. The molecule has 0 radical (unpaired) electrons. The molecule has 0 saturated carbocycles. The lowest BCUT2D eigenvalue weighted by molar-refractivity contribution is 0.327. The van der Waals surface area contributed by atoms with E-state index in [4.69, 9.17) is 4.74 Å². The minimum absolute atomic E-state index is 0.691. The summed E-state index contributed by atoms with van der Waals surface area (Å²) < 4.78 is 5.54. The maximum Gasteiger partial charge on any atom is 0.131 e. The SMILES string of the molecule is C/N=C1\NCCOc2ccccc21.